The summed E-state index contributed by atoms with van der Waals surface area (Å²) in [6.07, 6.45) is 0.0930. The van der Waals surface area contributed by atoms with E-state index in [4.69, 9.17) is 4.52 Å². The molecule has 0 aliphatic rings. The normalized spacial score (nSPS) is 12.9. The Balaban J connectivity index is 1.51. The summed E-state index contributed by atoms with van der Waals surface area (Å²) < 4.78 is 4.77. The lowest BCUT2D eigenvalue weighted by atomic mass is 9.85. The molecule has 1 amide bonds. The van der Waals surface area contributed by atoms with E-state index in [-0.39, 0.29) is 6.42 Å². The Bertz CT molecular complexity index is 1540. The second kappa shape index (κ2) is 9.29. The largest absolute Gasteiger partial charge is 0.375 e. The number of nitrogens with zero attached hydrogens (tertiary/aromatic N) is 1. The van der Waals surface area contributed by atoms with Gasteiger partial charge in [-0.2, -0.15) is 0 Å². The minimum atomic E-state index is -1.83. The van der Waals surface area contributed by atoms with Crippen LogP contribution in [0.5, 0.6) is 0 Å². The Kier molecular flexibility index (Phi) is 6.03. The molecule has 174 valence electrons. The Morgan fingerprint density at radius 3 is 2.49 bits per heavy atom. The Labute approximate surface area is 205 Å². The number of hydrogen-bond donors (Lipinski definition) is 2. The molecule has 0 bridgehead atoms. The van der Waals surface area contributed by atoms with E-state index in [0.29, 0.717) is 27.7 Å². The predicted molar refractivity (Wildman–Crippen MR) is 137 cm³/mol. The van der Waals surface area contributed by atoms with E-state index >= 15 is 0 Å². The van der Waals surface area contributed by atoms with Gasteiger partial charge >= 0.3 is 5.63 Å². The van der Waals surface area contributed by atoms with Gasteiger partial charge in [0.05, 0.1) is 11.1 Å². The molecule has 0 aliphatic heterocycles. The number of fused-ring (bicyclic) bond motifs is 1. The molecule has 1 unspecified atom stereocenters. The first-order valence-corrected chi connectivity index (χ1v) is 11.9. The van der Waals surface area contributed by atoms with Crippen molar-refractivity contribution in [1.82, 2.24) is 5.16 Å². The number of hydrogen-bond acceptors (Lipinski definition) is 6. The Morgan fingerprint density at radius 2 is 1.77 bits per heavy atom. The molecule has 7 heteroatoms. The monoisotopic (exact) mass is 482 g/mol. The lowest BCUT2D eigenvalue weighted by Gasteiger charge is -2.28. The van der Waals surface area contributed by atoms with E-state index in [1.807, 2.05) is 60.0 Å². The van der Waals surface area contributed by atoms with Gasteiger partial charge in [0.1, 0.15) is 0 Å². The van der Waals surface area contributed by atoms with Crippen LogP contribution in [0.4, 0.5) is 5.69 Å². The molecule has 0 saturated carbocycles. The third-order valence-electron chi connectivity index (χ3n) is 6.00. The smallest absolute Gasteiger partial charge is 0.366 e. The zero-order valence-electron chi connectivity index (χ0n) is 18.9. The van der Waals surface area contributed by atoms with E-state index in [1.165, 1.54) is 0 Å². The van der Waals surface area contributed by atoms with Crippen molar-refractivity contribution in [2.45, 2.75) is 18.9 Å². The Morgan fingerprint density at radius 1 is 1.00 bits per heavy atom. The standard InChI is InChI=1S/C28H22N2O4S/c1-18-24-16-22(13-14-23(24)26(31)34-30-18)29-27(32)28(33,17-19-6-3-2-4-7-19)21-11-9-20(10-12-21)25-8-5-15-35-25/h2-16,33H,17H2,1H3,(H,29,32). The third kappa shape index (κ3) is 4.51. The molecule has 5 rings (SSSR count). The summed E-state index contributed by atoms with van der Waals surface area (Å²) in [5, 5.41) is 21.4. The number of rotatable bonds is 6. The molecule has 5 aromatic rings. The zero-order valence-corrected chi connectivity index (χ0v) is 19.7. The maximum Gasteiger partial charge on any atom is 0.366 e. The molecule has 2 heterocycles. The number of aryl methyl sites for hydroxylation is 1. The molecular formula is C28H22N2O4S. The number of thiophene rings is 1. The van der Waals surface area contributed by atoms with Crippen LogP contribution in [0.3, 0.4) is 0 Å². The van der Waals surface area contributed by atoms with Crippen molar-refractivity contribution in [3.05, 3.63) is 118 Å². The number of amides is 1. The first-order chi connectivity index (χ1) is 16.9. The molecular weight excluding hydrogens is 460 g/mol. The van der Waals surface area contributed by atoms with E-state index in [9.17, 15) is 14.7 Å². The molecule has 0 fully saturated rings. The second-order valence-electron chi connectivity index (χ2n) is 8.35. The Hall–Kier alpha value is -4.07. The summed E-state index contributed by atoms with van der Waals surface area (Å²) in [6.45, 7) is 1.72. The highest BCUT2D eigenvalue weighted by Gasteiger charge is 2.38. The quantitative estimate of drug-likeness (QED) is 0.343. The van der Waals surface area contributed by atoms with Gasteiger partial charge < -0.3 is 14.9 Å². The van der Waals surface area contributed by atoms with Crippen LogP contribution in [0.25, 0.3) is 21.2 Å². The van der Waals surface area contributed by atoms with Gasteiger partial charge in [0.25, 0.3) is 5.91 Å². The maximum absolute atomic E-state index is 13.6. The lowest BCUT2D eigenvalue weighted by Crippen LogP contribution is -2.42. The van der Waals surface area contributed by atoms with Crippen LogP contribution >= 0.6 is 11.3 Å². The van der Waals surface area contributed by atoms with Gasteiger partial charge in [-0.05, 0) is 53.3 Å². The summed E-state index contributed by atoms with van der Waals surface area (Å²) >= 11 is 1.63. The van der Waals surface area contributed by atoms with Gasteiger partial charge in [0, 0.05) is 22.4 Å². The summed E-state index contributed by atoms with van der Waals surface area (Å²) in [5.74, 6) is -0.571. The van der Waals surface area contributed by atoms with Gasteiger partial charge in [-0.1, -0.05) is 65.8 Å². The van der Waals surface area contributed by atoms with E-state index in [0.717, 1.165) is 16.0 Å². The van der Waals surface area contributed by atoms with Crippen LogP contribution in [-0.4, -0.2) is 16.2 Å². The summed E-state index contributed by atoms with van der Waals surface area (Å²) in [6, 6.07) is 25.7. The number of nitrogens with one attached hydrogen (secondary N) is 1. The van der Waals surface area contributed by atoms with Crippen molar-refractivity contribution < 1.29 is 14.4 Å². The van der Waals surface area contributed by atoms with Crippen molar-refractivity contribution in [2.75, 3.05) is 5.32 Å². The number of anilines is 1. The van der Waals surface area contributed by atoms with Crippen molar-refractivity contribution in [1.29, 1.82) is 0 Å². The van der Waals surface area contributed by atoms with E-state index in [1.54, 1.807) is 48.6 Å². The number of benzene rings is 3. The van der Waals surface area contributed by atoms with Crippen molar-refractivity contribution in [3.8, 4) is 10.4 Å². The van der Waals surface area contributed by atoms with E-state index < -0.39 is 17.1 Å². The molecule has 6 nitrogen and oxygen atoms in total. The number of aromatic nitrogens is 1. The average Bonchev–Trinajstić information content (AvgIpc) is 3.42. The first-order valence-electron chi connectivity index (χ1n) is 11.1. The summed E-state index contributed by atoms with van der Waals surface area (Å²) in [4.78, 5) is 26.7. The average molecular weight is 483 g/mol. The fourth-order valence-electron chi connectivity index (χ4n) is 4.10. The van der Waals surface area contributed by atoms with Crippen LogP contribution < -0.4 is 10.9 Å². The fourth-order valence-corrected chi connectivity index (χ4v) is 4.83. The highest BCUT2D eigenvalue weighted by Crippen LogP contribution is 2.32. The van der Waals surface area contributed by atoms with Crippen molar-refractivity contribution >= 4 is 33.7 Å². The number of carbonyl (C=O) groups is 1. The zero-order chi connectivity index (χ0) is 24.4. The number of carbonyl (C=O) groups excluding carboxylic acids is 1. The van der Waals surface area contributed by atoms with Crippen LogP contribution in [-0.2, 0) is 16.8 Å². The highest BCUT2D eigenvalue weighted by atomic mass is 32.1. The maximum atomic E-state index is 13.6. The summed E-state index contributed by atoms with van der Waals surface area (Å²) in [7, 11) is 0. The SMILES string of the molecule is Cc1noc(=O)c2ccc(NC(=O)C(O)(Cc3ccccc3)c3ccc(-c4cccs4)cc3)cc12. The van der Waals surface area contributed by atoms with Crippen LogP contribution in [0.2, 0.25) is 0 Å². The molecule has 1 atom stereocenters. The second-order valence-corrected chi connectivity index (χ2v) is 9.29. The molecule has 2 aromatic heterocycles. The van der Waals surface area contributed by atoms with Crippen LogP contribution in [0.15, 0.2) is 99.6 Å². The molecule has 0 spiro atoms. The molecule has 3 aromatic carbocycles. The molecule has 2 N–H and O–H groups in total. The third-order valence-corrected chi connectivity index (χ3v) is 6.92. The van der Waals surface area contributed by atoms with Crippen LogP contribution in [0.1, 0.15) is 16.8 Å². The fraction of sp³-hybridized carbons (Fsp3) is 0.107. The van der Waals surface area contributed by atoms with Gasteiger partial charge in [-0.3, -0.25) is 4.79 Å². The van der Waals surface area contributed by atoms with Gasteiger partial charge in [0.2, 0.25) is 0 Å². The minimum Gasteiger partial charge on any atom is -0.375 e. The van der Waals surface area contributed by atoms with Gasteiger partial charge in [-0.15, -0.1) is 11.3 Å². The minimum absolute atomic E-state index is 0.0930. The predicted octanol–water partition coefficient (Wildman–Crippen LogP) is 5.29. The highest BCUT2D eigenvalue weighted by molar-refractivity contribution is 7.13. The lowest BCUT2D eigenvalue weighted by molar-refractivity contribution is -0.135. The van der Waals surface area contributed by atoms with Crippen molar-refractivity contribution in [2.24, 2.45) is 0 Å². The van der Waals surface area contributed by atoms with E-state index in [2.05, 4.69) is 10.5 Å². The molecule has 0 aliphatic carbocycles. The summed E-state index contributed by atoms with van der Waals surface area (Å²) in [5.41, 5.74) is 0.923. The van der Waals surface area contributed by atoms with Gasteiger partial charge in [-0.25, -0.2) is 4.79 Å². The molecule has 35 heavy (non-hydrogen) atoms. The number of aliphatic hydroxyl groups is 1. The topological polar surface area (TPSA) is 92.4 Å². The molecule has 0 radical (unpaired) electrons. The molecule has 0 saturated heterocycles. The van der Waals surface area contributed by atoms with Gasteiger partial charge in [0.15, 0.2) is 5.60 Å². The van der Waals surface area contributed by atoms with Crippen molar-refractivity contribution in [3.63, 3.8) is 0 Å². The first kappa shape index (κ1) is 22.7. The van der Waals surface area contributed by atoms with Crippen LogP contribution in [0, 0.1) is 6.92 Å².